The molecule has 0 spiro atoms. The lowest BCUT2D eigenvalue weighted by molar-refractivity contribution is -0.118. The molecule has 3 aromatic rings. The van der Waals surface area contributed by atoms with Crippen LogP contribution in [0, 0.1) is 6.92 Å². The highest BCUT2D eigenvalue weighted by molar-refractivity contribution is 6.31. The average Bonchev–Trinajstić information content (AvgIpc) is 3.12. The first kappa shape index (κ1) is 15.1. The van der Waals surface area contributed by atoms with E-state index in [0.29, 0.717) is 16.6 Å². The Labute approximate surface area is 136 Å². The van der Waals surface area contributed by atoms with Gasteiger partial charge in [-0.15, -0.1) is 5.10 Å². The normalized spacial score (nSPS) is 10.5. The number of anilines is 1. The van der Waals surface area contributed by atoms with Crippen molar-refractivity contribution in [3.63, 3.8) is 0 Å². The minimum Gasteiger partial charge on any atom is -0.465 e. The zero-order valence-electron chi connectivity index (χ0n) is 12.2. The van der Waals surface area contributed by atoms with Gasteiger partial charge in [-0.05, 0) is 19.1 Å². The van der Waals surface area contributed by atoms with Crippen molar-refractivity contribution in [2.75, 3.05) is 11.9 Å². The molecule has 8 heteroatoms. The predicted molar refractivity (Wildman–Crippen MR) is 83.9 cm³/mol. The third kappa shape index (κ3) is 3.70. The highest BCUT2D eigenvalue weighted by Gasteiger charge is 2.12. The number of carbonyl (C=O) groups is 1. The lowest BCUT2D eigenvalue weighted by atomic mass is 10.3. The first-order valence-corrected chi connectivity index (χ1v) is 7.16. The molecule has 2 heterocycles. The molecule has 0 atom stereocenters. The molecular weight excluding hydrogens is 320 g/mol. The average molecular weight is 333 g/mol. The van der Waals surface area contributed by atoms with E-state index in [-0.39, 0.29) is 18.4 Å². The Morgan fingerprint density at radius 1 is 1.39 bits per heavy atom. The van der Waals surface area contributed by atoms with Gasteiger partial charge in [0.25, 0.3) is 11.8 Å². The molecule has 118 valence electrons. The molecule has 1 aromatic carbocycles. The number of hydrogen-bond donors (Lipinski definition) is 1. The number of amides is 1. The molecule has 0 saturated heterocycles. The quantitative estimate of drug-likeness (QED) is 0.777. The van der Waals surface area contributed by atoms with Gasteiger partial charge < -0.3 is 14.6 Å². The van der Waals surface area contributed by atoms with Gasteiger partial charge in [0.05, 0.1) is 11.9 Å². The van der Waals surface area contributed by atoms with E-state index < -0.39 is 0 Å². The fourth-order valence-electron chi connectivity index (χ4n) is 1.89. The number of nitrogens with one attached hydrogen (secondary N) is 1. The van der Waals surface area contributed by atoms with E-state index in [1.54, 1.807) is 23.9 Å². The molecule has 2 aromatic heterocycles. The van der Waals surface area contributed by atoms with Gasteiger partial charge in [-0.3, -0.25) is 4.79 Å². The fourth-order valence-corrected chi connectivity index (χ4v) is 2.07. The summed E-state index contributed by atoms with van der Waals surface area (Å²) >= 11 is 6.07. The molecule has 0 aliphatic rings. The van der Waals surface area contributed by atoms with Gasteiger partial charge in [0.2, 0.25) is 0 Å². The largest absolute Gasteiger partial charge is 0.465 e. The molecule has 1 amide bonds. The minimum absolute atomic E-state index is 0.182. The Balaban J connectivity index is 1.62. The van der Waals surface area contributed by atoms with E-state index in [4.69, 9.17) is 20.9 Å². The zero-order valence-corrected chi connectivity index (χ0v) is 12.9. The summed E-state index contributed by atoms with van der Waals surface area (Å²) in [7, 11) is 0. The zero-order chi connectivity index (χ0) is 16.2. The van der Waals surface area contributed by atoms with Gasteiger partial charge in [-0.1, -0.05) is 35.0 Å². The van der Waals surface area contributed by atoms with Crippen LogP contribution < -0.4 is 10.1 Å². The number of nitrogens with zero attached hydrogens (tertiary/aromatic N) is 3. The van der Waals surface area contributed by atoms with E-state index in [9.17, 15) is 4.79 Å². The summed E-state index contributed by atoms with van der Waals surface area (Å²) in [5.74, 6) is 0.730. The summed E-state index contributed by atoms with van der Waals surface area (Å²) < 4.78 is 11.8. The number of halogens is 1. The Morgan fingerprint density at radius 2 is 2.17 bits per heavy atom. The molecule has 0 aliphatic carbocycles. The Morgan fingerprint density at radius 3 is 2.87 bits per heavy atom. The summed E-state index contributed by atoms with van der Waals surface area (Å²) in [6.45, 7) is 1.49. The van der Waals surface area contributed by atoms with Crippen LogP contribution in [-0.2, 0) is 4.79 Å². The van der Waals surface area contributed by atoms with Crippen LogP contribution in [0.4, 0.5) is 5.82 Å². The number of rotatable bonds is 5. The lowest BCUT2D eigenvalue weighted by Crippen LogP contribution is -2.20. The number of aryl methyl sites for hydroxylation is 1. The number of ether oxygens (including phenoxy) is 1. The van der Waals surface area contributed by atoms with Crippen LogP contribution in [0.3, 0.4) is 0 Å². The maximum absolute atomic E-state index is 11.8. The van der Waals surface area contributed by atoms with E-state index in [2.05, 4.69) is 15.6 Å². The molecule has 0 radical (unpaired) electrons. The molecule has 0 aliphatic heterocycles. The molecule has 23 heavy (non-hydrogen) atoms. The number of aromatic nitrogens is 3. The van der Waals surface area contributed by atoms with Crippen molar-refractivity contribution in [3.8, 4) is 11.6 Å². The number of hydrogen-bond acceptors (Lipinski definition) is 5. The maximum atomic E-state index is 11.8. The summed E-state index contributed by atoms with van der Waals surface area (Å²) in [6.07, 6.45) is 1.62. The fraction of sp³-hybridized carbons (Fsp3) is 0.133. The van der Waals surface area contributed by atoms with Crippen molar-refractivity contribution in [2.24, 2.45) is 0 Å². The van der Waals surface area contributed by atoms with Crippen LogP contribution in [0.2, 0.25) is 5.02 Å². The van der Waals surface area contributed by atoms with Gasteiger partial charge in [0, 0.05) is 6.07 Å². The van der Waals surface area contributed by atoms with Crippen LogP contribution in [0.25, 0.3) is 5.69 Å². The standard InChI is InChI=1S/C15H13ClN4O3/c1-10-7-13(19-23-10)17-14(21)9-22-15-12(16)8-20(18-15)11-5-3-2-4-6-11/h2-8H,9H2,1H3,(H,17,19,21). The predicted octanol–water partition coefficient (Wildman–Crippen LogP) is 2.84. The third-order valence-corrected chi connectivity index (χ3v) is 3.15. The number of benzene rings is 1. The molecule has 0 unspecified atom stereocenters. The first-order chi connectivity index (χ1) is 11.1. The molecule has 0 saturated carbocycles. The van der Waals surface area contributed by atoms with Crippen LogP contribution in [0.1, 0.15) is 5.76 Å². The second-order valence-corrected chi connectivity index (χ2v) is 5.13. The Bertz CT molecular complexity index is 813. The van der Waals surface area contributed by atoms with Crippen molar-refractivity contribution >= 4 is 23.3 Å². The molecule has 3 rings (SSSR count). The molecule has 0 fully saturated rings. The van der Waals surface area contributed by atoms with Crippen molar-refractivity contribution in [2.45, 2.75) is 6.92 Å². The van der Waals surface area contributed by atoms with E-state index in [1.807, 2.05) is 30.3 Å². The van der Waals surface area contributed by atoms with E-state index in [0.717, 1.165) is 5.69 Å². The van der Waals surface area contributed by atoms with E-state index in [1.165, 1.54) is 0 Å². The molecule has 1 N–H and O–H groups in total. The van der Waals surface area contributed by atoms with Gasteiger partial charge in [0.15, 0.2) is 12.4 Å². The number of para-hydroxylation sites is 1. The minimum atomic E-state index is -0.386. The van der Waals surface area contributed by atoms with Gasteiger partial charge in [-0.25, -0.2) is 4.68 Å². The Kier molecular flexibility index (Phi) is 4.29. The van der Waals surface area contributed by atoms with Gasteiger partial charge in [0.1, 0.15) is 10.8 Å². The van der Waals surface area contributed by atoms with Crippen LogP contribution >= 0.6 is 11.6 Å². The van der Waals surface area contributed by atoms with Gasteiger partial charge in [-0.2, -0.15) is 0 Å². The third-order valence-electron chi connectivity index (χ3n) is 2.89. The van der Waals surface area contributed by atoms with Crippen molar-refractivity contribution in [1.82, 2.24) is 14.9 Å². The molecular formula is C15H13ClN4O3. The SMILES string of the molecule is Cc1cc(NC(=O)COc2nn(-c3ccccc3)cc2Cl)no1. The summed E-state index contributed by atoms with van der Waals surface area (Å²) in [4.78, 5) is 11.8. The maximum Gasteiger partial charge on any atom is 0.263 e. The summed E-state index contributed by atoms with van der Waals surface area (Å²) in [6, 6.07) is 11.0. The first-order valence-electron chi connectivity index (χ1n) is 6.78. The summed E-state index contributed by atoms with van der Waals surface area (Å²) in [5, 5.41) is 10.7. The molecule has 7 nitrogen and oxygen atoms in total. The highest BCUT2D eigenvalue weighted by Crippen LogP contribution is 2.23. The Hall–Kier alpha value is -2.80. The van der Waals surface area contributed by atoms with Crippen molar-refractivity contribution in [3.05, 3.63) is 53.4 Å². The highest BCUT2D eigenvalue weighted by atomic mass is 35.5. The van der Waals surface area contributed by atoms with Crippen molar-refractivity contribution in [1.29, 1.82) is 0 Å². The van der Waals surface area contributed by atoms with Crippen LogP contribution in [0.5, 0.6) is 5.88 Å². The van der Waals surface area contributed by atoms with Gasteiger partial charge >= 0.3 is 0 Å². The topological polar surface area (TPSA) is 82.2 Å². The second-order valence-electron chi connectivity index (χ2n) is 4.72. The van der Waals surface area contributed by atoms with Crippen molar-refractivity contribution < 1.29 is 14.1 Å². The summed E-state index contributed by atoms with van der Waals surface area (Å²) in [5.41, 5.74) is 0.840. The second kappa shape index (κ2) is 6.53. The lowest BCUT2D eigenvalue weighted by Gasteiger charge is -2.03. The number of carbonyl (C=O) groups excluding carboxylic acids is 1. The monoisotopic (exact) mass is 332 g/mol. The van der Waals surface area contributed by atoms with Crippen LogP contribution in [-0.4, -0.2) is 27.5 Å². The smallest absolute Gasteiger partial charge is 0.263 e. The molecule has 0 bridgehead atoms. The van der Waals surface area contributed by atoms with Crippen LogP contribution in [0.15, 0.2) is 47.1 Å². The van der Waals surface area contributed by atoms with E-state index >= 15 is 0 Å².